The van der Waals surface area contributed by atoms with Crippen LogP contribution in [0.3, 0.4) is 0 Å². The number of nitrogens with two attached hydrogens (primary N) is 1. The van der Waals surface area contributed by atoms with Gasteiger partial charge in [0.1, 0.15) is 4.90 Å². The normalized spacial score (nSPS) is 21.4. The van der Waals surface area contributed by atoms with Gasteiger partial charge in [0.2, 0.25) is 10.0 Å². The molecule has 0 amide bonds. The Bertz CT molecular complexity index is 570. The van der Waals surface area contributed by atoms with Crippen molar-refractivity contribution >= 4 is 15.7 Å². The van der Waals surface area contributed by atoms with E-state index in [1.165, 1.54) is 4.31 Å². The van der Waals surface area contributed by atoms with Crippen molar-refractivity contribution in [3.63, 3.8) is 0 Å². The van der Waals surface area contributed by atoms with Gasteiger partial charge in [-0.05, 0) is 31.4 Å². The highest BCUT2D eigenvalue weighted by Crippen LogP contribution is 2.31. The van der Waals surface area contributed by atoms with E-state index in [2.05, 4.69) is 4.90 Å². The van der Waals surface area contributed by atoms with Crippen molar-refractivity contribution in [1.29, 1.82) is 0 Å². The summed E-state index contributed by atoms with van der Waals surface area (Å²) in [7, 11) is -0.309. The summed E-state index contributed by atoms with van der Waals surface area (Å²) in [5.41, 5.74) is 6.74. The molecule has 0 aromatic heterocycles. The van der Waals surface area contributed by atoms with E-state index in [1.54, 1.807) is 26.2 Å². The van der Waals surface area contributed by atoms with Crippen LogP contribution in [-0.4, -0.2) is 45.9 Å². The second-order valence-corrected chi connectivity index (χ2v) is 7.73. The molecule has 0 bridgehead atoms. The molecule has 20 heavy (non-hydrogen) atoms. The molecular formula is C14H23N3O2S. The van der Waals surface area contributed by atoms with Gasteiger partial charge < -0.3 is 10.6 Å². The Morgan fingerprint density at radius 3 is 2.55 bits per heavy atom. The van der Waals surface area contributed by atoms with E-state index in [9.17, 15) is 8.42 Å². The average Bonchev–Trinajstić information content (AvgIpc) is 2.88. The van der Waals surface area contributed by atoms with Gasteiger partial charge in [-0.1, -0.05) is 12.1 Å². The van der Waals surface area contributed by atoms with Crippen molar-refractivity contribution in [1.82, 2.24) is 4.31 Å². The van der Waals surface area contributed by atoms with Gasteiger partial charge in [-0.25, -0.2) is 12.7 Å². The van der Waals surface area contributed by atoms with Crippen LogP contribution in [0, 0.1) is 5.92 Å². The summed E-state index contributed by atoms with van der Waals surface area (Å²) in [6.45, 7) is 3.68. The van der Waals surface area contributed by atoms with E-state index in [1.807, 2.05) is 19.1 Å². The number of hydrogen-bond acceptors (Lipinski definition) is 4. The van der Waals surface area contributed by atoms with Gasteiger partial charge in [0.05, 0.1) is 5.69 Å². The third-order valence-corrected chi connectivity index (χ3v) is 5.80. The number of hydrogen-bond donors (Lipinski definition) is 1. The largest absolute Gasteiger partial charge is 0.370 e. The van der Waals surface area contributed by atoms with E-state index >= 15 is 0 Å². The van der Waals surface area contributed by atoms with Crippen LogP contribution in [0.15, 0.2) is 29.2 Å². The molecule has 0 spiro atoms. The van der Waals surface area contributed by atoms with Crippen LogP contribution < -0.4 is 10.6 Å². The Balaban J connectivity index is 2.35. The van der Waals surface area contributed by atoms with Crippen LogP contribution in [-0.2, 0) is 10.0 Å². The summed E-state index contributed by atoms with van der Waals surface area (Å²) in [6, 6.07) is 7.32. The van der Waals surface area contributed by atoms with Crippen molar-refractivity contribution in [2.75, 3.05) is 32.1 Å². The fourth-order valence-electron chi connectivity index (χ4n) is 2.57. The fourth-order valence-corrected chi connectivity index (χ4v) is 3.67. The van der Waals surface area contributed by atoms with Crippen LogP contribution in [0.5, 0.6) is 0 Å². The maximum absolute atomic E-state index is 12.4. The van der Waals surface area contributed by atoms with Crippen molar-refractivity contribution in [2.24, 2.45) is 11.7 Å². The van der Waals surface area contributed by atoms with E-state index in [4.69, 9.17) is 5.73 Å². The zero-order valence-electron chi connectivity index (χ0n) is 12.3. The molecule has 1 aromatic rings. The standard InChI is InChI=1S/C14H23N3O2S/c1-11(15)12-8-9-17(10-12)13-6-4-5-7-14(13)20(18,19)16(2)3/h4-7,11-12H,8-10,15H2,1-3H3. The first-order valence-corrected chi connectivity index (χ1v) is 8.30. The molecule has 0 saturated carbocycles. The summed E-state index contributed by atoms with van der Waals surface area (Å²) < 4.78 is 26.1. The lowest BCUT2D eigenvalue weighted by atomic mass is 10.0. The molecule has 2 atom stereocenters. The Labute approximate surface area is 121 Å². The van der Waals surface area contributed by atoms with Crippen LogP contribution in [0.25, 0.3) is 0 Å². The minimum absolute atomic E-state index is 0.137. The maximum atomic E-state index is 12.4. The van der Waals surface area contributed by atoms with Crippen LogP contribution in [0.2, 0.25) is 0 Å². The number of nitrogens with zero attached hydrogens (tertiary/aromatic N) is 2. The quantitative estimate of drug-likeness (QED) is 0.904. The van der Waals surface area contributed by atoms with Gasteiger partial charge in [0.25, 0.3) is 0 Å². The summed E-state index contributed by atoms with van der Waals surface area (Å²) >= 11 is 0. The third-order valence-electron chi connectivity index (χ3n) is 3.93. The van der Waals surface area contributed by atoms with Gasteiger partial charge in [0, 0.05) is 33.2 Å². The second-order valence-electron chi connectivity index (χ2n) is 5.61. The molecule has 1 saturated heterocycles. The molecule has 1 fully saturated rings. The summed E-state index contributed by atoms with van der Waals surface area (Å²) in [6.07, 6.45) is 1.01. The number of rotatable bonds is 4. The molecule has 2 unspecified atom stereocenters. The maximum Gasteiger partial charge on any atom is 0.244 e. The van der Waals surface area contributed by atoms with Gasteiger partial charge in [0.15, 0.2) is 0 Å². The van der Waals surface area contributed by atoms with E-state index in [-0.39, 0.29) is 6.04 Å². The molecule has 112 valence electrons. The predicted molar refractivity (Wildman–Crippen MR) is 81.3 cm³/mol. The molecule has 1 aromatic carbocycles. The topological polar surface area (TPSA) is 66.6 Å². The molecule has 6 heteroatoms. The molecule has 2 rings (SSSR count). The molecular weight excluding hydrogens is 274 g/mol. The molecule has 1 aliphatic rings. The van der Waals surface area contributed by atoms with Crippen molar-refractivity contribution < 1.29 is 8.42 Å². The molecule has 0 radical (unpaired) electrons. The van der Waals surface area contributed by atoms with Crippen LogP contribution in [0.1, 0.15) is 13.3 Å². The van der Waals surface area contributed by atoms with Gasteiger partial charge in [-0.3, -0.25) is 0 Å². The van der Waals surface area contributed by atoms with Crippen LogP contribution in [0.4, 0.5) is 5.69 Å². The lowest BCUT2D eigenvalue weighted by Crippen LogP contribution is -2.31. The summed E-state index contributed by atoms with van der Waals surface area (Å²) in [5.74, 6) is 0.421. The number of anilines is 1. The molecule has 2 N–H and O–H groups in total. The molecule has 5 nitrogen and oxygen atoms in total. The van der Waals surface area contributed by atoms with Gasteiger partial charge >= 0.3 is 0 Å². The zero-order valence-corrected chi connectivity index (χ0v) is 13.1. The smallest absolute Gasteiger partial charge is 0.244 e. The molecule has 1 heterocycles. The first kappa shape index (κ1) is 15.3. The van der Waals surface area contributed by atoms with Gasteiger partial charge in [-0.15, -0.1) is 0 Å². The monoisotopic (exact) mass is 297 g/mol. The predicted octanol–water partition coefficient (Wildman–Crippen LogP) is 1.11. The van der Waals surface area contributed by atoms with E-state index in [0.29, 0.717) is 10.8 Å². The SMILES string of the molecule is CC(N)C1CCN(c2ccccc2S(=O)(=O)N(C)C)C1. The molecule has 0 aliphatic carbocycles. The third kappa shape index (κ3) is 2.82. The zero-order chi connectivity index (χ0) is 14.9. The van der Waals surface area contributed by atoms with Crippen LogP contribution >= 0.6 is 0 Å². The Kier molecular flexibility index (Phi) is 4.36. The van der Waals surface area contributed by atoms with Crippen molar-refractivity contribution in [3.8, 4) is 0 Å². The average molecular weight is 297 g/mol. The minimum Gasteiger partial charge on any atom is -0.370 e. The number of sulfonamides is 1. The van der Waals surface area contributed by atoms with Crippen molar-refractivity contribution in [2.45, 2.75) is 24.3 Å². The Hall–Kier alpha value is -1.11. The van der Waals surface area contributed by atoms with Crippen molar-refractivity contribution in [3.05, 3.63) is 24.3 Å². The highest BCUT2D eigenvalue weighted by atomic mass is 32.2. The fraction of sp³-hybridized carbons (Fsp3) is 0.571. The van der Waals surface area contributed by atoms with E-state index in [0.717, 1.165) is 25.2 Å². The first-order valence-electron chi connectivity index (χ1n) is 6.86. The minimum atomic E-state index is -3.42. The highest BCUT2D eigenvalue weighted by molar-refractivity contribution is 7.89. The molecule has 1 aliphatic heterocycles. The second kappa shape index (κ2) is 5.71. The number of benzene rings is 1. The Morgan fingerprint density at radius 1 is 1.35 bits per heavy atom. The number of para-hydroxylation sites is 1. The van der Waals surface area contributed by atoms with Gasteiger partial charge in [-0.2, -0.15) is 0 Å². The Morgan fingerprint density at radius 2 is 2.00 bits per heavy atom. The highest BCUT2D eigenvalue weighted by Gasteiger charge is 2.29. The summed E-state index contributed by atoms with van der Waals surface area (Å²) in [5, 5.41) is 0. The first-order chi connectivity index (χ1) is 9.34. The van der Waals surface area contributed by atoms with E-state index < -0.39 is 10.0 Å². The lowest BCUT2D eigenvalue weighted by molar-refractivity contribution is 0.488. The lowest BCUT2D eigenvalue weighted by Gasteiger charge is -2.24. The summed E-state index contributed by atoms with van der Waals surface area (Å²) in [4.78, 5) is 2.50.